The molecular formula is C12H14F2N2. The van der Waals surface area contributed by atoms with Crippen LogP contribution in [0.3, 0.4) is 0 Å². The molecule has 1 aromatic heterocycles. The second-order valence-corrected chi connectivity index (χ2v) is 4.01. The van der Waals surface area contributed by atoms with Crippen molar-refractivity contribution in [2.75, 3.05) is 6.54 Å². The first-order valence-electron chi connectivity index (χ1n) is 5.30. The maximum atomic E-state index is 14.0. The van der Waals surface area contributed by atoms with Crippen LogP contribution in [0.15, 0.2) is 18.3 Å². The van der Waals surface area contributed by atoms with Crippen LogP contribution in [0.2, 0.25) is 0 Å². The molecule has 4 heteroatoms. The van der Waals surface area contributed by atoms with Gasteiger partial charge < -0.3 is 10.7 Å². The number of rotatable bonds is 3. The first kappa shape index (κ1) is 11.1. The average molecular weight is 224 g/mol. The largest absolute Gasteiger partial charge is 0.359 e. The van der Waals surface area contributed by atoms with Crippen LogP contribution in [0.1, 0.15) is 24.8 Å². The molecule has 0 bridgehead atoms. The molecule has 3 N–H and O–H groups in total. The lowest BCUT2D eigenvalue weighted by molar-refractivity contribution is 0.529. The van der Waals surface area contributed by atoms with Gasteiger partial charge in [-0.15, -0.1) is 0 Å². The van der Waals surface area contributed by atoms with Crippen LogP contribution in [-0.4, -0.2) is 11.5 Å². The molecule has 0 aliphatic heterocycles. The quantitative estimate of drug-likeness (QED) is 0.827. The molecule has 2 rings (SSSR count). The third-order valence-electron chi connectivity index (χ3n) is 2.87. The van der Waals surface area contributed by atoms with Crippen molar-refractivity contribution < 1.29 is 8.78 Å². The van der Waals surface area contributed by atoms with E-state index in [0.717, 1.165) is 0 Å². The molecule has 0 fully saturated rings. The van der Waals surface area contributed by atoms with Crippen molar-refractivity contribution in [2.45, 2.75) is 19.3 Å². The zero-order valence-corrected chi connectivity index (χ0v) is 9.06. The zero-order valence-electron chi connectivity index (χ0n) is 9.06. The van der Waals surface area contributed by atoms with E-state index in [1.807, 2.05) is 0 Å². The molecule has 0 aliphatic rings. The number of hydrogen-bond donors (Lipinski definition) is 2. The molecule has 0 radical (unpaired) electrons. The molecule has 0 saturated carbocycles. The van der Waals surface area contributed by atoms with Gasteiger partial charge in [0.05, 0.1) is 5.52 Å². The van der Waals surface area contributed by atoms with Gasteiger partial charge >= 0.3 is 0 Å². The first-order chi connectivity index (χ1) is 7.65. The van der Waals surface area contributed by atoms with Gasteiger partial charge in [-0.3, -0.25) is 0 Å². The minimum Gasteiger partial charge on any atom is -0.359 e. The molecule has 16 heavy (non-hydrogen) atoms. The third-order valence-corrected chi connectivity index (χ3v) is 2.87. The number of H-pyrrole nitrogens is 1. The molecule has 1 atom stereocenters. The second kappa shape index (κ2) is 4.22. The van der Waals surface area contributed by atoms with Crippen molar-refractivity contribution in [3.8, 4) is 0 Å². The van der Waals surface area contributed by atoms with Crippen molar-refractivity contribution in [3.63, 3.8) is 0 Å². The first-order valence-corrected chi connectivity index (χ1v) is 5.30. The van der Waals surface area contributed by atoms with Crippen LogP contribution in [0.4, 0.5) is 8.78 Å². The summed E-state index contributed by atoms with van der Waals surface area (Å²) in [5.41, 5.74) is 5.89. The summed E-state index contributed by atoms with van der Waals surface area (Å²) in [5, 5.41) is 0.554. The van der Waals surface area contributed by atoms with Gasteiger partial charge in [0.15, 0.2) is 5.82 Å². The van der Waals surface area contributed by atoms with Crippen molar-refractivity contribution in [3.05, 3.63) is 35.5 Å². The van der Waals surface area contributed by atoms with Gasteiger partial charge in [0, 0.05) is 17.1 Å². The van der Waals surface area contributed by atoms with E-state index < -0.39 is 11.6 Å². The van der Waals surface area contributed by atoms with Crippen molar-refractivity contribution >= 4 is 10.9 Å². The Kier molecular flexibility index (Phi) is 2.92. The Morgan fingerprint density at radius 2 is 2.19 bits per heavy atom. The van der Waals surface area contributed by atoms with Crippen molar-refractivity contribution in [2.24, 2.45) is 5.73 Å². The molecule has 2 aromatic rings. The fourth-order valence-electron chi connectivity index (χ4n) is 1.99. The summed E-state index contributed by atoms with van der Waals surface area (Å²) in [5.74, 6) is -1.20. The summed E-state index contributed by atoms with van der Waals surface area (Å²) in [7, 11) is 0. The van der Waals surface area contributed by atoms with Crippen molar-refractivity contribution in [1.82, 2.24) is 4.98 Å². The summed E-state index contributed by atoms with van der Waals surface area (Å²) in [6.45, 7) is 2.20. The standard InChI is InChI=1S/C12H14F2N2/c1-7(2-4-15)10-9(13)6-8-3-5-16-12(8)11(10)14/h3,5-7,16H,2,4,15H2,1H3. The number of nitrogens with two attached hydrogens (primary N) is 1. The number of fused-ring (bicyclic) bond motifs is 1. The highest BCUT2D eigenvalue weighted by Gasteiger charge is 2.19. The molecule has 86 valence electrons. The Hall–Kier alpha value is -1.42. The minimum absolute atomic E-state index is 0.125. The van der Waals surface area contributed by atoms with Crippen LogP contribution in [-0.2, 0) is 0 Å². The van der Waals surface area contributed by atoms with Crippen molar-refractivity contribution in [1.29, 1.82) is 0 Å². The lowest BCUT2D eigenvalue weighted by Gasteiger charge is -2.13. The summed E-state index contributed by atoms with van der Waals surface area (Å²) in [6.07, 6.45) is 2.17. The maximum Gasteiger partial charge on any atom is 0.153 e. The molecule has 0 amide bonds. The Balaban J connectivity index is 2.59. The van der Waals surface area contributed by atoms with Gasteiger partial charge in [0.25, 0.3) is 0 Å². The van der Waals surface area contributed by atoms with E-state index in [0.29, 0.717) is 23.9 Å². The lowest BCUT2D eigenvalue weighted by atomic mass is 9.95. The van der Waals surface area contributed by atoms with E-state index in [1.54, 1.807) is 19.2 Å². The highest BCUT2D eigenvalue weighted by Crippen LogP contribution is 2.29. The SMILES string of the molecule is CC(CCN)c1c(F)cc2cc[nH]c2c1F. The molecule has 1 heterocycles. The van der Waals surface area contributed by atoms with E-state index in [1.165, 1.54) is 6.07 Å². The topological polar surface area (TPSA) is 41.8 Å². The fourth-order valence-corrected chi connectivity index (χ4v) is 1.99. The van der Waals surface area contributed by atoms with Crippen LogP contribution >= 0.6 is 0 Å². The highest BCUT2D eigenvalue weighted by atomic mass is 19.1. The van der Waals surface area contributed by atoms with E-state index in [2.05, 4.69) is 4.98 Å². The molecule has 2 nitrogen and oxygen atoms in total. The summed E-state index contributed by atoms with van der Waals surface area (Å²) < 4.78 is 27.8. The number of nitrogens with one attached hydrogen (secondary N) is 1. The molecule has 0 spiro atoms. The Bertz CT molecular complexity index is 505. The normalized spacial score (nSPS) is 13.2. The van der Waals surface area contributed by atoms with Crippen LogP contribution in [0.5, 0.6) is 0 Å². The van der Waals surface area contributed by atoms with Gasteiger partial charge in [0.1, 0.15) is 5.82 Å². The van der Waals surface area contributed by atoms with E-state index in [4.69, 9.17) is 5.73 Å². The monoisotopic (exact) mass is 224 g/mol. The lowest BCUT2D eigenvalue weighted by Crippen LogP contribution is -2.08. The Morgan fingerprint density at radius 1 is 1.44 bits per heavy atom. The number of halogens is 2. The molecule has 1 aromatic carbocycles. The van der Waals surface area contributed by atoms with Gasteiger partial charge in [-0.1, -0.05) is 6.92 Å². The smallest absolute Gasteiger partial charge is 0.153 e. The van der Waals surface area contributed by atoms with Gasteiger partial charge in [0.2, 0.25) is 0 Å². The molecular weight excluding hydrogens is 210 g/mol. The average Bonchev–Trinajstić information content (AvgIpc) is 2.66. The summed E-state index contributed by atoms with van der Waals surface area (Å²) in [6, 6.07) is 3.01. The summed E-state index contributed by atoms with van der Waals surface area (Å²) >= 11 is 0. The predicted molar refractivity (Wildman–Crippen MR) is 60.3 cm³/mol. The number of aromatic nitrogens is 1. The van der Waals surface area contributed by atoms with Gasteiger partial charge in [-0.25, -0.2) is 8.78 Å². The van der Waals surface area contributed by atoms with E-state index in [9.17, 15) is 8.78 Å². The predicted octanol–water partition coefficient (Wildman–Crippen LogP) is 2.90. The molecule has 0 saturated heterocycles. The minimum atomic E-state index is -0.499. The maximum absolute atomic E-state index is 14.0. The van der Waals surface area contributed by atoms with Crippen LogP contribution in [0, 0.1) is 11.6 Å². The van der Waals surface area contributed by atoms with E-state index in [-0.39, 0.29) is 11.5 Å². The zero-order chi connectivity index (χ0) is 11.7. The summed E-state index contributed by atoms with van der Waals surface area (Å²) in [4.78, 5) is 2.78. The van der Waals surface area contributed by atoms with E-state index >= 15 is 0 Å². The second-order valence-electron chi connectivity index (χ2n) is 4.01. The number of hydrogen-bond acceptors (Lipinski definition) is 1. The van der Waals surface area contributed by atoms with Gasteiger partial charge in [-0.2, -0.15) is 0 Å². The van der Waals surface area contributed by atoms with Gasteiger partial charge in [-0.05, 0) is 31.0 Å². The number of benzene rings is 1. The van der Waals surface area contributed by atoms with Crippen LogP contribution < -0.4 is 5.73 Å². The highest BCUT2D eigenvalue weighted by molar-refractivity contribution is 5.81. The third kappa shape index (κ3) is 1.69. The molecule has 1 unspecified atom stereocenters. The Labute approximate surface area is 92.5 Å². The molecule has 0 aliphatic carbocycles. The Morgan fingerprint density at radius 3 is 2.88 bits per heavy atom. The number of aromatic amines is 1. The fraction of sp³-hybridized carbons (Fsp3) is 0.333. The van der Waals surface area contributed by atoms with Crippen LogP contribution in [0.25, 0.3) is 10.9 Å².